The van der Waals surface area contributed by atoms with Gasteiger partial charge in [-0.1, -0.05) is 0 Å². The molecule has 1 aliphatic rings. The number of carbonyl (C=O) groups excluding carboxylic acids is 1. The molecule has 1 N–H and O–H groups in total. The van der Waals surface area contributed by atoms with Gasteiger partial charge >= 0.3 is 5.69 Å². The molecule has 18 heavy (non-hydrogen) atoms. The van der Waals surface area contributed by atoms with Crippen molar-refractivity contribution in [1.29, 1.82) is 0 Å². The summed E-state index contributed by atoms with van der Waals surface area (Å²) in [5.74, 6) is 0.0856. The Labute approximate surface area is 104 Å². The van der Waals surface area contributed by atoms with Crippen LogP contribution in [0.5, 0.6) is 0 Å². The summed E-state index contributed by atoms with van der Waals surface area (Å²) in [5, 5.41) is 13.5. The second kappa shape index (κ2) is 5.44. The molecular formula is C11H14N4O3. The molecule has 0 aliphatic carbocycles. The van der Waals surface area contributed by atoms with Crippen molar-refractivity contribution in [3.63, 3.8) is 0 Å². The second-order valence-electron chi connectivity index (χ2n) is 4.07. The van der Waals surface area contributed by atoms with Crippen LogP contribution in [0.2, 0.25) is 0 Å². The predicted octanol–water partition coefficient (Wildman–Crippen LogP) is 1.02. The molecule has 0 atom stereocenters. The number of pyridine rings is 1. The Bertz CT molecular complexity index is 457. The van der Waals surface area contributed by atoms with Crippen molar-refractivity contribution < 1.29 is 9.72 Å². The molecule has 1 fully saturated rings. The molecule has 1 amide bonds. The summed E-state index contributed by atoms with van der Waals surface area (Å²) in [4.78, 5) is 27.6. The van der Waals surface area contributed by atoms with E-state index in [1.807, 2.05) is 0 Å². The Morgan fingerprint density at radius 2 is 2.22 bits per heavy atom. The predicted molar refractivity (Wildman–Crippen MR) is 65.2 cm³/mol. The van der Waals surface area contributed by atoms with Crippen LogP contribution in [0.15, 0.2) is 18.3 Å². The van der Waals surface area contributed by atoms with E-state index in [9.17, 15) is 14.9 Å². The third-order valence-electron chi connectivity index (χ3n) is 2.85. The standard InChI is InChI=1S/C11H14N4O3/c16-10(14-6-1-2-7-14)8-13-11-9(15(17)18)4-3-5-12-11/h3-5H,1-2,6-8H2,(H,12,13). The zero-order valence-corrected chi connectivity index (χ0v) is 9.83. The summed E-state index contributed by atoms with van der Waals surface area (Å²) in [6, 6.07) is 2.85. The number of hydrogen-bond donors (Lipinski definition) is 1. The van der Waals surface area contributed by atoms with Crippen LogP contribution in [0.25, 0.3) is 0 Å². The van der Waals surface area contributed by atoms with E-state index in [-0.39, 0.29) is 24.0 Å². The molecule has 1 aliphatic heterocycles. The van der Waals surface area contributed by atoms with Gasteiger partial charge in [-0.05, 0) is 18.9 Å². The van der Waals surface area contributed by atoms with E-state index in [0.717, 1.165) is 25.9 Å². The summed E-state index contributed by atoms with van der Waals surface area (Å²) in [6.45, 7) is 1.58. The number of carbonyl (C=O) groups is 1. The van der Waals surface area contributed by atoms with Gasteiger partial charge in [-0.15, -0.1) is 0 Å². The number of hydrogen-bond acceptors (Lipinski definition) is 5. The SMILES string of the molecule is O=C(CNc1ncccc1[N+](=O)[O-])N1CCCC1. The van der Waals surface area contributed by atoms with Crippen molar-refractivity contribution in [2.45, 2.75) is 12.8 Å². The van der Waals surface area contributed by atoms with Crippen molar-refractivity contribution in [2.75, 3.05) is 25.0 Å². The number of nitrogens with zero attached hydrogens (tertiary/aromatic N) is 3. The summed E-state index contributed by atoms with van der Waals surface area (Å²) in [5.41, 5.74) is -0.119. The number of amides is 1. The number of nitro groups is 1. The molecule has 0 saturated carbocycles. The number of anilines is 1. The van der Waals surface area contributed by atoms with E-state index in [0.29, 0.717) is 0 Å². The topological polar surface area (TPSA) is 88.4 Å². The number of rotatable bonds is 4. The van der Waals surface area contributed by atoms with Crippen LogP contribution < -0.4 is 5.32 Å². The lowest BCUT2D eigenvalue weighted by atomic mass is 10.4. The van der Waals surface area contributed by atoms with E-state index >= 15 is 0 Å². The van der Waals surface area contributed by atoms with Gasteiger partial charge in [0.05, 0.1) is 11.5 Å². The van der Waals surface area contributed by atoms with Gasteiger partial charge in [0, 0.05) is 25.4 Å². The fourth-order valence-electron chi connectivity index (χ4n) is 1.92. The Morgan fingerprint density at radius 3 is 2.89 bits per heavy atom. The van der Waals surface area contributed by atoms with Crippen LogP contribution in [-0.4, -0.2) is 40.3 Å². The van der Waals surface area contributed by atoms with Gasteiger partial charge in [-0.3, -0.25) is 14.9 Å². The van der Waals surface area contributed by atoms with Crippen molar-refractivity contribution in [3.05, 3.63) is 28.4 Å². The first-order valence-electron chi connectivity index (χ1n) is 5.79. The Hall–Kier alpha value is -2.18. The van der Waals surface area contributed by atoms with Crippen molar-refractivity contribution in [3.8, 4) is 0 Å². The summed E-state index contributed by atoms with van der Waals surface area (Å²) in [7, 11) is 0. The van der Waals surface area contributed by atoms with Gasteiger partial charge in [0.15, 0.2) is 0 Å². The highest BCUT2D eigenvalue weighted by molar-refractivity contribution is 5.81. The average molecular weight is 250 g/mol. The van der Waals surface area contributed by atoms with Crippen LogP contribution in [0.1, 0.15) is 12.8 Å². The highest BCUT2D eigenvalue weighted by Crippen LogP contribution is 2.20. The van der Waals surface area contributed by atoms with E-state index < -0.39 is 4.92 Å². The molecule has 96 valence electrons. The van der Waals surface area contributed by atoms with Crippen LogP contribution in [-0.2, 0) is 4.79 Å². The molecule has 1 aromatic heterocycles. The van der Waals surface area contributed by atoms with Gasteiger partial charge in [-0.25, -0.2) is 4.98 Å². The molecule has 7 nitrogen and oxygen atoms in total. The maximum atomic E-state index is 11.8. The van der Waals surface area contributed by atoms with Crippen molar-refractivity contribution in [1.82, 2.24) is 9.88 Å². The summed E-state index contributed by atoms with van der Waals surface area (Å²) >= 11 is 0. The third-order valence-corrected chi connectivity index (χ3v) is 2.85. The lowest BCUT2D eigenvalue weighted by molar-refractivity contribution is -0.384. The van der Waals surface area contributed by atoms with Crippen molar-refractivity contribution in [2.24, 2.45) is 0 Å². The third kappa shape index (κ3) is 2.73. The maximum Gasteiger partial charge on any atom is 0.311 e. The molecule has 1 aromatic rings. The number of aromatic nitrogens is 1. The van der Waals surface area contributed by atoms with E-state index in [1.54, 1.807) is 4.90 Å². The number of nitrogens with one attached hydrogen (secondary N) is 1. The summed E-state index contributed by atoms with van der Waals surface area (Å²) in [6.07, 6.45) is 3.50. The first kappa shape index (κ1) is 12.3. The van der Waals surface area contributed by atoms with Crippen LogP contribution in [0.3, 0.4) is 0 Å². The Kier molecular flexibility index (Phi) is 3.71. The molecule has 2 rings (SSSR count). The molecule has 0 radical (unpaired) electrons. The minimum Gasteiger partial charge on any atom is -0.355 e. The fraction of sp³-hybridized carbons (Fsp3) is 0.455. The van der Waals surface area contributed by atoms with Crippen LogP contribution in [0.4, 0.5) is 11.5 Å². The van der Waals surface area contributed by atoms with E-state index in [1.165, 1.54) is 18.3 Å². The van der Waals surface area contributed by atoms with Crippen molar-refractivity contribution >= 4 is 17.4 Å². The lowest BCUT2D eigenvalue weighted by Gasteiger charge is -2.15. The van der Waals surface area contributed by atoms with Gasteiger partial charge < -0.3 is 10.2 Å². The molecule has 1 saturated heterocycles. The first-order valence-corrected chi connectivity index (χ1v) is 5.79. The zero-order chi connectivity index (χ0) is 13.0. The van der Waals surface area contributed by atoms with Gasteiger partial charge in [0.1, 0.15) is 0 Å². The van der Waals surface area contributed by atoms with E-state index in [2.05, 4.69) is 10.3 Å². The van der Waals surface area contributed by atoms with Crippen LogP contribution >= 0.6 is 0 Å². The van der Waals surface area contributed by atoms with Gasteiger partial charge in [0.2, 0.25) is 11.7 Å². The largest absolute Gasteiger partial charge is 0.355 e. The molecule has 0 aromatic carbocycles. The highest BCUT2D eigenvalue weighted by atomic mass is 16.6. The monoisotopic (exact) mass is 250 g/mol. The number of likely N-dealkylation sites (tertiary alicyclic amines) is 1. The van der Waals surface area contributed by atoms with E-state index in [4.69, 9.17) is 0 Å². The molecule has 7 heteroatoms. The van der Waals surface area contributed by atoms with Crippen LogP contribution in [0, 0.1) is 10.1 Å². The smallest absolute Gasteiger partial charge is 0.311 e. The minimum absolute atomic E-state index is 0.0395. The van der Waals surface area contributed by atoms with Gasteiger partial charge in [0.25, 0.3) is 0 Å². The zero-order valence-electron chi connectivity index (χ0n) is 9.83. The minimum atomic E-state index is -0.518. The Balaban J connectivity index is 1.97. The van der Waals surface area contributed by atoms with Gasteiger partial charge in [-0.2, -0.15) is 0 Å². The maximum absolute atomic E-state index is 11.8. The molecule has 0 bridgehead atoms. The second-order valence-corrected chi connectivity index (χ2v) is 4.07. The summed E-state index contributed by atoms with van der Waals surface area (Å²) < 4.78 is 0. The highest BCUT2D eigenvalue weighted by Gasteiger charge is 2.19. The normalized spacial score (nSPS) is 14.6. The fourth-order valence-corrected chi connectivity index (χ4v) is 1.92. The molecule has 0 spiro atoms. The molecule has 0 unspecified atom stereocenters. The quantitative estimate of drug-likeness (QED) is 0.636. The average Bonchev–Trinajstić information content (AvgIpc) is 2.90. The lowest BCUT2D eigenvalue weighted by Crippen LogP contribution is -2.33. The molecular weight excluding hydrogens is 236 g/mol. The Morgan fingerprint density at radius 1 is 1.50 bits per heavy atom. The molecule has 2 heterocycles. The first-order chi connectivity index (χ1) is 8.68.